The molecule has 12 nitrogen and oxygen atoms in total. The number of carbonyl (C=O) groups is 2. The number of amides is 2. The number of allylic oxidation sites excluding steroid dienone is 3. The molecule has 0 bridgehead atoms. The molecule has 1 aliphatic carbocycles. The summed E-state index contributed by atoms with van der Waals surface area (Å²) >= 11 is 0. The van der Waals surface area contributed by atoms with E-state index in [-0.39, 0.29) is 46.9 Å². The normalized spacial score (nSPS) is 18.0. The van der Waals surface area contributed by atoms with Gasteiger partial charge in [-0.3, -0.25) is 34.2 Å². The van der Waals surface area contributed by atoms with Crippen molar-refractivity contribution in [2.24, 2.45) is 22.6 Å². The van der Waals surface area contributed by atoms with Crippen LogP contribution in [0.4, 0.5) is 5.69 Å². The van der Waals surface area contributed by atoms with Gasteiger partial charge in [0.05, 0.1) is 11.9 Å². The molecule has 1 aromatic heterocycles. The molecule has 2 amide bonds. The van der Waals surface area contributed by atoms with E-state index in [2.05, 4.69) is 16.4 Å². The van der Waals surface area contributed by atoms with Gasteiger partial charge in [0.15, 0.2) is 5.70 Å². The van der Waals surface area contributed by atoms with Crippen LogP contribution in [0.25, 0.3) is 5.57 Å². The number of likely N-dealkylation sites (tertiary alicyclic amines) is 1. The standard InChI is InChI=1S/C35H46N8O4/c1-21(2)33(45)41-16-14-24(15-17-41)29-18-27(30(40-29)31(37)38-20-36)23-10-12-25(13-11-23)39-32(44)28-19-42(22(3)4)35(47)43(34(28)46)26-8-6-5-7-9-26/h10-13,18-22,24,26,40H,5-9,14-17H2,1-4H3,(H,39,44)(H3,36,37,38)/p+1. The number of benzene rings is 1. The van der Waals surface area contributed by atoms with Crippen molar-refractivity contribution in [3.63, 3.8) is 0 Å². The predicted octanol–water partition coefficient (Wildman–Crippen LogP) is 3.38. The van der Waals surface area contributed by atoms with Gasteiger partial charge in [0.2, 0.25) is 11.7 Å². The second kappa shape index (κ2) is 14.5. The lowest BCUT2D eigenvalue weighted by Gasteiger charge is -2.32. The molecule has 5 rings (SSSR count). The van der Waals surface area contributed by atoms with Crippen molar-refractivity contribution in [2.45, 2.75) is 84.7 Å². The first-order valence-electron chi connectivity index (χ1n) is 16.7. The smallest absolute Gasteiger partial charge is 0.331 e. The zero-order valence-electron chi connectivity index (χ0n) is 27.8. The first kappa shape index (κ1) is 33.8. The number of carbonyl (C=O) groups excluding carboxylic acids is 2. The minimum absolute atomic E-state index is 0.0268. The van der Waals surface area contributed by atoms with Crippen LogP contribution in [0.2, 0.25) is 0 Å². The number of amidine groups is 1. The van der Waals surface area contributed by atoms with Crippen molar-refractivity contribution in [3.8, 4) is 0 Å². The topological polar surface area (TPSA) is 172 Å². The lowest BCUT2D eigenvalue weighted by Crippen LogP contribution is -2.81. The summed E-state index contributed by atoms with van der Waals surface area (Å²) in [6, 6.07) is 6.81. The third-order valence-electron chi connectivity index (χ3n) is 9.48. The van der Waals surface area contributed by atoms with Gasteiger partial charge in [-0.15, -0.1) is 0 Å². The Balaban J connectivity index is 1.37. The largest absolute Gasteiger partial charge is 0.390 e. The van der Waals surface area contributed by atoms with Gasteiger partial charge in [0, 0.05) is 55.0 Å². The highest BCUT2D eigenvalue weighted by Gasteiger charge is 2.34. The number of hydrogen-bond donors (Lipinski definition) is 4. The van der Waals surface area contributed by atoms with E-state index in [1.54, 1.807) is 12.1 Å². The van der Waals surface area contributed by atoms with Crippen LogP contribution < -0.4 is 27.6 Å². The van der Waals surface area contributed by atoms with Gasteiger partial charge < -0.3 is 16.0 Å². The Bertz CT molecular complexity index is 1730. The lowest BCUT2D eigenvalue weighted by atomic mass is 9.92. The third kappa shape index (κ3) is 7.22. The van der Waals surface area contributed by atoms with Gasteiger partial charge in [-0.25, -0.2) is 9.79 Å². The molecule has 250 valence electrons. The Kier molecular flexibility index (Phi) is 10.4. The number of nitrogens with two attached hydrogens (primary N) is 2. The fourth-order valence-corrected chi connectivity index (χ4v) is 6.85. The van der Waals surface area contributed by atoms with Gasteiger partial charge in [-0.1, -0.05) is 45.2 Å². The summed E-state index contributed by atoms with van der Waals surface area (Å²) in [6.07, 6.45) is 10.7. The molecule has 1 aromatic carbocycles. The maximum atomic E-state index is 13.5. The molecule has 2 aromatic rings. The Morgan fingerprint density at radius 2 is 1.68 bits per heavy atom. The highest BCUT2D eigenvalue weighted by molar-refractivity contribution is 6.06. The van der Waals surface area contributed by atoms with Crippen LogP contribution in [-0.4, -0.2) is 51.1 Å². The predicted molar refractivity (Wildman–Crippen MR) is 183 cm³/mol. The molecule has 3 aliphatic rings. The molecule has 0 atom stereocenters. The van der Waals surface area contributed by atoms with Crippen molar-refractivity contribution in [3.05, 3.63) is 79.9 Å². The van der Waals surface area contributed by atoms with Gasteiger partial charge in [-0.05, 0) is 57.2 Å². The van der Waals surface area contributed by atoms with Gasteiger partial charge in [0.25, 0.3) is 11.5 Å². The van der Waals surface area contributed by atoms with E-state index in [1.807, 2.05) is 50.0 Å². The number of aliphatic imine (C=N–C) groups is 1. The molecule has 1 saturated carbocycles. The van der Waals surface area contributed by atoms with E-state index < -0.39 is 11.5 Å². The van der Waals surface area contributed by atoms with Crippen molar-refractivity contribution >= 4 is 35.2 Å². The number of hydrogen-bond acceptors (Lipinski definition) is 5. The van der Waals surface area contributed by atoms with Crippen molar-refractivity contribution < 1.29 is 14.9 Å². The lowest BCUT2D eigenvalue weighted by molar-refractivity contribution is -0.549. The quantitative estimate of drug-likeness (QED) is 0.255. The molecular formula is C35H47N8O4+. The van der Waals surface area contributed by atoms with Crippen LogP contribution in [0.5, 0.6) is 0 Å². The molecule has 0 spiro atoms. The van der Waals surface area contributed by atoms with E-state index >= 15 is 0 Å². The molecule has 2 aliphatic heterocycles. The minimum Gasteiger partial charge on any atom is -0.390 e. The average molecular weight is 644 g/mol. The van der Waals surface area contributed by atoms with E-state index in [9.17, 15) is 19.2 Å². The number of nitrogens with zero attached hydrogens (tertiary/aromatic N) is 4. The number of rotatable bonds is 8. The second-order valence-corrected chi connectivity index (χ2v) is 13.3. The van der Waals surface area contributed by atoms with Crippen LogP contribution in [0.1, 0.15) is 101 Å². The van der Waals surface area contributed by atoms with E-state index in [1.165, 1.54) is 15.3 Å². The molecule has 1 saturated heterocycles. The molecule has 3 heterocycles. The monoisotopic (exact) mass is 643 g/mol. The SMILES string of the molecule is CC(C)C(=O)N1CCC(C2=CC(c3ccc(NC(=O)c4cn(C(C)C)c(=O)n(C5CCCCC5)c4=O)cc3)=C(C(=N)N=CN)[NH2+]2)CC1. The molecule has 0 radical (unpaired) electrons. The maximum Gasteiger partial charge on any atom is 0.331 e. The molecule has 0 unspecified atom stereocenters. The Labute approximate surface area is 275 Å². The zero-order valence-corrected chi connectivity index (χ0v) is 27.8. The summed E-state index contributed by atoms with van der Waals surface area (Å²) < 4.78 is 2.75. The highest BCUT2D eigenvalue weighted by Crippen LogP contribution is 2.31. The van der Waals surface area contributed by atoms with Crippen LogP contribution in [0, 0.1) is 17.2 Å². The van der Waals surface area contributed by atoms with Gasteiger partial charge in [-0.2, -0.15) is 0 Å². The number of quaternary nitrogens is 1. The molecule has 2 fully saturated rings. The Hall–Kier alpha value is -4.58. The Morgan fingerprint density at radius 3 is 2.28 bits per heavy atom. The number of nitrogens with one attached hydrogen (secondary N) is 2. The molecule has 6 N–H and O–H groups in total. The molecule has 12 heteroatoms. The summed E-state index contributed by atoms with van der Waals surface area (Å²) in [6.45, 7) is 8.96. The molecular weight excluding hydrogens is 596 g/mol. The van der Waals surface area contributed by atoms with Crippen molar-refractivity contribution in [1.82, 2.24) is 14.0 Å². The Morgan fingerprint density at radius 1 is 1.02 bits per heavy atom. The third-order valence-corrected chi connectivity index (χ3v) is 9.48. The van der Waals surface area contributed by atoms with Crippen LogP contribution >= 0.6 is 0 Å². The first-order valence-corrected chi connectivity index (χ1v) is 16.7. The maximum absolute atomic E-state index is 13.5. The summed E-state index contributed by atoms with van der Waals surface area (Å²) in [5, 5.41) is 13.4. The van der Waals surface area contributed by atoms with Crippen LogP contribution in [0.15, 0.2) is 62.5 Å². The first-order chi connectivity index (χ1) is 22.5. The van der Waals surface area contributed by atoms with Crippen LogP contribution in [0.3, 0.4) is 0 Å². The van der Waals surface area contributed by atoms with E-state index in [4.69, 9.17) is 11.1 Å². The summed E-state index contributed by atoms with van der Waals surface area (Å²) in [5.74, 6) is -0.123. The number of aromatic nitrogens is 2. The van der Waals surface area contributed by atoms with Crippen molar-refractivity contribution in [2.75, 3.05) is 18.4 Å². The summed E-state index contributed by atoms with van der Waals surface area (Å²) in [7, 11) is 0. The van der Waals surface area contributed by atoms with E-state index in [0.29, 0.717) is 24.5 Å². The average Bonchev–Trinajstić information content (AvgIpc) is 3.51. The minimum atomic E-state index is -0.570. The van der Waals surface area contributed by atoms with Gasteiger partial charge in [0.1, 0.15) is 11.3 Å². The fraction of sp³-hybridized carbons (Fsp3) is 0.486. The van der Waals surface area contributed by atoms with E-state index in [0.717, 1.165) is 68.1 Å². The number of piperidine rings is 1. The number of anilines is 1. The highest BCUT2D eigenvalue weighted by atomic mass is 16.2. The van der Waals surface area contributed by atoms with Crippen molar-refractivity contribution in [1.29, 1.82) is 5.41 Å². The van der Waals surface area contributed by atoms with Gasteiger partial charge >= 0.3 is 5.69 Å². The zero-order chi connectivity index (χ0) is 33.8. The summed E-state index contributed by atoms with van der Waals surface area (Å²) in [5.41, 5.74) is 8.44. The second-order valence-electron chi connectivity index (χ2n) is 13.3. The molecule has 47 heavy (non-hydrogen) atoms. The van der Waals surface area contributed by atoms with Crippen LogP contribution in [-0.2, 0) is 4.79 Å². The fourth-order valence-electron chi connectivity index (χ4n) is 6.85. The summed E-state index contributed by atoms with van der Waals surface area (Å²) in [4.78, 5) is 58.7.